The van der Waals surface area contributed by atoms with Gasteiger partial charge in [0.2, 0.25) is 0 Å². The summed E-state index contributed by atoms with van der Waals surface area (Å²) in [5.74, 6) is 0.323. The Morgan fingerprint density at radius 3 is 2.38 bits per heavy atom. The molecule has 0 saturated carbocycles. The molecule has 2 aromatic heterocycles. The van der Waals surface area contributed by atoms with E-state index in [9.17, 15) is 4.79 Å². The first-order chi connectivity index (χ1) is 15.0. The number of amides is 1. The number of nitrogens with zero attached hydrogens (tertiary/aromatic N) is 5. The molecule has 4 rings (SSSR count). The first-order valence-corrected chi connectivity index (χ1v) is 11.5. The van der Waals surface area contributed by atoms with E-state index in [2.05, 4.69) is 78.8 Å². The molecule has 1 saturated heterocycles. The van der Waals surface area contributed by atoms with E-state index in [-0.39, 0.29) is 23.3 Å². The first kappa shape index (κ1) is 22.4. The number of anilines is 1. The number of rotatable bonds is 4. The first-order valence-electron chi connectivity index (χ1n) is 11.5. The topological polar surface area (TPSA) is 56.0 Å². The lowest BCUT2D eigenvalue weighted by Crippen LogP contribution is -2.31. The molecule has 0 aliphatic carbocycles. The molecule has 1 unspecified atom stereocenters. The lowest BCUT2D eigenvalue weighted by atomic mass is 9.88. The Balaban J connectivity index is 1.73. The van der Waals surface area contributed by atoms with E-state index in [4.69, 9.17) is 5.10 Å². The summed E-state index contributed by atoms with van der Waals surface area (Å²) < 4.78 is 3.97. The van der Waals surface area contributed by atoms with Crippen molar-refractivity contribution in [1.82, 2.24) is 19.6 Å². The second-order valence-electron chi connectivity index (χ2n) is 10.4. The summed E-state index contributed by atoms with van der Waals surface area (Å²) in [5.41, 5.74) is 7.44. The van der Waals surface area contributed by atoms with E-state index in [0.717, 1.165) is 34.9 Å². The Morgan fingerprint density at radius 2 is 1.78 bits per heavy atom. The molecule has 7 heteroatoms. The highest BCUT2D eigenvalue weighted by molar-refractivity contribution is 6.32. The third kappa shape index (κ3) is 3.68. The van der Waals surface area contributed by atoms with Gasteiger partial charge in [0.15, 0.2) is 0 Å². The molecule has 0 N–H and O–H groups in total. The third-order valence-corrected chi connectivity index (χ3v) is 6.47. The van der Waals surface area contributed by atoms with Crippen molar-refractivity contribution in [3.8, 4) is 5.69 Å². The Hall–Kier alpha value is -2.83. The smallest absolute Gasteiger partial charge is 0.252 e. The fourth-order valence-corrected chi connectivity index (χ4v) is 4.88. The molecule has 1 amide bonds. The Morgan fingerprint density at radius 1 is 1.12 bits per heavy atom. The zero-order valence-corrected chi connectivity index (χ0v) is 20.6. The maximum atomic E-state index is 13.7. The van der Waals surface area contributed by atoms with Gasteiger partial charge in [0, 0.05) is 17.7 Å². The Labute approximate surface area is 192 Å². The van der Waals surface area contributed by atoms with Crippen LogP contribution >= 0.6 is 0 Å². The van der Waals surface area contributed by atoms with Gasteiger partial charge < -0.3 is 4.90 Å². The van der Waals surface area contributed by atoms with Gasteiger partial charge in [-0.2, -0.15) is 10.2 Å². The molecule has 1 fully saturated rings. The summed E-state index contributed by atoms with van der Waals surface area (Å²) in [4.78, 5) is 15.6. The average Bonchev–Trinajstić information content (AvgIpc) is 3.37. The summed E-state index contributed by atoms with van der Waals surface area (Å²) in [7, 11) is 2.08. The van der Waals surface area contributed by atoms with Crippen LogP contribution in [0, 0.1) is 13.8 Å². The van der Waals surface area contributed by atoms with Crippen molar-refractivity contribution < 1.29 is 4.79 Å². The normalized spacial score (nSPS) is 17.1. The van der Waals surface area contributed by atoms with Gasteiger partial charge in [0.25, 0.3) is 5.91 Å². The minimum absolute atomic E-state index is 0.0849. The van der Waals surface area contributed by atoms with Crippen molar-refractivity contribution >= 4 is 24.9 Å². The average molecular weight is 431 g/mol. The summed E-state index contributed by atoms with van der Waals surface area (Å²) in [6, 6.07) is 8.07. The van der Waals surface area contributed by atoms with E-state index < -0.39 is 0 Å². The Kier molecular flexibility index (Phi) is 5.55. The maximum Gasteiger partial charge on any atom is 0.252 e. The van der Waals surface area contributed by atoms with Gasteiger partial charge in [-0.3, -0.25) is 9.48 Å². The number of carbonyl (C=O) groups is 1. The molecule has 168 valence electrons. The van der Waals surface area contributed by atoms with Crippen molar-refractivity contribution in [2.24, 2.45) is 0 Å². The second-order valence-corrected chi connectivity index (χ2v) is 10.4. The molecular weight excluding hydrogens is 397 g/mol. The summed E-state index contributed by atoms with van der Waals surface area (Å²) in [5, 5.41) is 9.49. The van der Waals surface area contributed by atoms with Gasteiger partial charge in [0.05, 0.1) is 29.0 Å². The van der Waals surface area contributed by atoms with Crippen molar-refractivity contribution in [3.63, 3.8) is 0 Å². The molecule has 0 radical (unpaired) electrons. The van der Waals surface area contributed by atoms with Gasteiger partial charge >= 0.3 is 0 Å². The van der Waals surface area contributed by atoms with Crippen LogP contribution in [0.2, 0.25) is 0 Å². The lowest BCUT2D eigenvalue weighted by molar-refractivity contribution is -0.120. The monoisotopic (exact) mass is 431 g/mol. The van der Waals surface area contributed by atoms with Crippen LogP contribution in [0.5, 0.6) is 0 Å². The molecule has 3 heterocycles. The van der Waals surface area contributed by atoms with Crippen molar-refractivity contribution in [1.29, 1.82) is 0 Å². The molecule has 3 aromatic rings. The van der Waals surface area contributed by atoms with Crippen LogP contribution in [0.25, 0.3) is 5.69 Å². The molecule has 1 aliphatic heterocycles. The largest absolute Gasteiger partial charge is 0.307 e. The van der Waals surface area contributed by atoms with Crippen LogP contribution in [-0.4, -0.2) is 39.9 Å². The number of aryl methyl sites for hydroxylation is 1. The molecule has 1 aromatic carbocycles. The molecule has 32 heavy (non-hydrogen) atoms. The van der Waals surface area contributed by atoms with E-state index in [1.807, 2.05) is 27.4 Å². The summed E-state index contributed by atoms with van der Waals surface area (Å²) >= 11 is 0. The minimum atomic E-state index is -0.278. The molecule has 0 bridgehead atoms. The van der Waals surface area contributed by atoms with Crippen molar-refractivity contribution in [2.75, 3.05) is 11.4 Å². The fourth-order valence-electron chi connectivity index (χ4n) is 4.88. The highest BCUT2D eigenvalue weighted by Gasteiger charge is 2.39. The van der Waals surface area contributed by atoms with Crippen LogP contribution in [0.4, 0.5) is 5.69 Å². The minimum Gasteiger partial charge on any atom is -0.307 e. The maximum absolute atomic E-state index is 13.7. The van der Waals surface area contributed by atoms with Gasteiger partial charge in [0.1, 0.15) is 13.9 Å². The lowest BCUT2D eigenvalue weighted by Gasteiger charge is -2.25. The van der Waals surface area contributed by atoms with Crippen LogP contribution in [0.1, 0.15) is 75.6 Å². The predicted molar refractivity (Wildman–Crippen MR) is 132 cm³/mol. The van der Waals surface area contributed by atoms with Crippen LogP contribution in [0.3, 0.4) is 0 Å². The highest BCUT2D eigenvalue weighted by Crippen LogP contribution is 2.37. The molecule has 1 aliphatic rings. The number of carbonyl (C=O) groups excluding carboxylic acids is 1. The quantitative estimate of drug-likeness (QED) is 0.596. The number of hydrogen-bond acceptors (Lipinski definition) is 3. The van der Waals surface area contributed by atoms with E-state index >= 15 is 0 Å². The standard InChI is InChI=1S/C25H34BN5O/c1-15(2)22-21(14-27-30(22)19-10-8-18(26)9-11-19)29-13-12-20(24(29)32)31-23(25(5,6)7)16(3)17(4)28-31/h8-11,14-15,20H,12-13,26H2,1-7H3. The number of hydrogen-bond donors (Lipinski definition) is 0. The van der Waals surface area contributed by atoms with Gasteiger partial charge in [-0.15, -0.1) is 0 Å². The fraction of sp³-hybridized carbons (Fsp3) is 0.480. The zero-order chi connectivity index (χ0) is 23.4. The van der Waals surface area contributed by atoms with Crippen molar-refractivity contribution in [3.05, 3.63) is 53.1 Å². The molecule has 0 spiro atoms. The Bertz CT molecular complexity index is 1150. The molecule has 1 atom stereocenters. The SMILES string of the molecule is Bc1ccc(-n2ncc(N3CCC(n4nc(C)c(C)c4C(C)(C)C)C3=O)c2C(C)C)cc1. The van der Waals surface area contributed by atoms with Crippen LogP contribution in [0.15, 0.2) is 30.5 Å². The predicted octanol–water partition coefficient (Wildman–Crippen LogP) is 3.34. The van der Waals surface area contributed by atoms with Crippen molar-refractivity contribution in [2.45, 2.75) is 72.3 Å². The van der Waals surface area contributed by atoms with Gasteiger partial charge in [-0.25, -0.2) is 4.68 Å². The molecule has 6 nitrogen and oxygen atoms in total. The van der Waals surface area contributed by atoms with Gasteiger partial charge in [-0.05, 0) is 43.9 Å². The van der Waals surface area contributed by atoms with E-state index in [1.54, 1.807) is 0 Å². The highest BCUT2D eigenvalue weighted by atomic mass is 16.2. The summed E-state index contributed by atoms with van der Waals surface area (Å²) in [6.07, 6.45) is 2.59. The van der Waals surface area contributed by atoms with E-state index in [1.165, 1.54) is 11.0 Å². The van der Waals surface area contributed by atoms with E-state index in [0.29, 0.717) is 6.54 Å². The van der Waals surface area contributed by atoms with Crippen LogP contribution in [-0.2, 0) is 10.2 Å². The number of aromatic nitrogens is 4. The summed E-state index contributed by atoms with van der Waals surface area (Å²) in [6.45, 7) is 15.7. The van der Waals surface area contributed by atoms with Gasteiger partial charge in [-0.1, -0.05) is 52.2 Å². The molecular formula is C25H34BN5O. The second kappa shape index (κ2) is 7.94. The zero-order valence-electron chi connectivity index (χ0n) is 20.6. The number of benzene rings is 1. The third-order valence-electron chi connectivity index (χ3n) is 6.47. The van der Waals surface area contributed by atoms with Crippen LogP contribution < -0.4 is 10.4 Å².